The van der Waals surface area contributed by atoms with Crippen molar-refractivity contribution in [2.24, 2.45) is 0 Å². The standard InChI is InChI=1S/C11H7F3N2O2S/c12-11(13,14)18-9-4-2-1-3-7(9)16-10(17)8-5-19-6-15-8/h1-6H,(H,16,17). The quantitative estimate of drug-likeness (QED) is 0.942. The minimum absolute atomic E-state index is 0.0715. The Hall–Kier alpha value is -2.09. The van der Waals surface area contributed by atoms with E-state index in [-0.39, 0.29) is 11.4 Å². The summed E-state index contributed by atoms with van der Waals surface area (Å²) in [5, 5.41) is 3.80. The van der Waals surface area contributed by atoms with Crippen molar-refractivity contribution < 1.29 is 22.7 Å². The lowest BCUT2D eigenvalue weighted by Gasteiger charge is -2.13. The second-order valence-corrected chi connectivity index (χ2v) is 4.09. The molecule has 0 saturated carbocycles. The summed E-state index contributed by atoms with van der Waals surface area (Å²) in [6, 6.07) is 5.29. The third kappa shape index (κ3) is 3.68. The average molecular weight is 288 g/mol. The number of para-hydroxylation sites is 2. The minimum atomic E-state index is -4.82. The normalized spacial score (nSPS) is 11.1. The van der Waals surface area contributed by atoms with E-state index in [0.29, 0.717) is 0 Å². The first-order valence-electron chi connectivity index (χ1n) is 5.00. The number of nitrogens with zero attached hydrogens (tertiary/aromatic N) is 1. The Labute approximate surface area is 109 Å². The number of nitrogens with one attached hydrogen (secondary N) is 1. The van der Waals surface area contributed by atoms with Crippen LogP contribution in [-0.4, -0.2) is 17.3 Å². The van der Waals surface area contributed by atoms with E-state index in [1.54, 1.807) is 0 Å². The summed E-state index contributed by atoms with van der Waals surface area (Å²) in [5.41, 5.74) is 1.51. The smallest absolute Gasteiger partial charge is 0.404 e. The molecule has 0 atom stereocenters. The molecule has 0 unspecified atom stereocenters. The molecule has 19 heavy (non-hydrogen) atoms. The molecule has 1 aromatic heterocycles. The van der Waals surface area contributed by atoms with Gasteiger partial charge in [0.25, 0.3) is 5.91 Å². The fraction of sp³-hybridized carbons (Fsp3) is 0.0909. The van der Waals surface area contributed by atoms with E-state index in [1.165, 1.54) is 40.4 Å². The lowest BCUT2D eigenvalue weighted by atomic mass is 10.3. The van der Waals surface area contributed by atoms with Crippen LogP contribution in [0.4, 0.5) is 18.9 Å². The van der Waals surface area contributed by atoms with Gasteiger partial charge in [0, 0.05) is 5.38 Å². The molecule has 2 aromatic rings. The molecular weight excluding hydrogens is 281 g/mol. The van der Waals surface area contributed by atoms with Crippen LogP contribution in [0.3, 0.4) is 0 Å². The van der Waals surface area contributed by atoms with Gasteiger partial charge in [0.05, 0.1) is 11.2 Å². The molecule has 1 amide bonds. The van der Waals surface area contributed by atoms with E-state index in [1.807, 2.05) is 0 Å². The van der Waals surface area contributed by atoms with Gasteiger partial charge in [0.2, 0.25) is 0 Å². The van der Waals surface area contributed by atoms with E-state index in [0.717, 1.165) is 6.07 Å². The number of carbonyl (C=O) groups excluding carboxylic acids is 1. The van der Waals surface area contributed by atoms with Gasteiger partial charge in [-0.05, 0) is 12.1 Å². The molecule has 0 spiro atoms. The summed E-state index contributed by atoms with van der Waals surface area (Å²) in [4.78, 5) is 15.4. The summed E-state index contributed by atoms with van der Waals surface area (Å²) in [7, 11) is 0. The van der Waals surface area contributed by atoms with Crippen LogP contribution in [0.1, 0.15) is 10.5 Å². The number of aromatic nitrogens is 1. The van der Waals surface area contributed by atoms with Gasteiger partial charge in [-0.25, -0.2) is 4.98 Å². The van der Waals surface area contributed by atoms with Gasteiger partial charge in [0.1, 0.15) is 5.69 Å². The van der Waals surface area contributed by atoms with Gasteiger partial charge < -0.3 is 10.1 Å². The van der Waals surface area contributed by atoms with Gasteiger partial charge in [0.15, 0.2) is 5.75 Å². The predicted molar refractivity (Wildman–Crippen MR) is 63.2 cm³/mol. The summed E-state index contributed by atoms with van der Waals surface area (Å²) >= 11 is 1.21. The lowest BCUT2D eigenvalue weighted by molar-refractivity contribution is -0.274. The van der Waals surface area contributed by atoms with Crippen LogP contribution in [0, 0.1) is 0 Å². The molecule has 0 bridgehead atoms. The molecule has 0 aliphatic heterocycles. The summed E-state index contributed by atoms with van der Waals surface area (Å²) in [6.45, 7) is 0. The molecular formula is C11H7F3N2O2S. The highest BCUT2D eigenvalue weighted by atomic mass is 32.1. The van der Waals surface area contributed by atoms with Gasteiger partial charge in [-0.3, -0.25) is 4.79 Å². The second-order valence-electron chi connectivity index (χ2n) is 3.37. The second kappa shape index (κ2) is 5.27. The average Bonchev–Trinajstić information content (AvgIpc) is 2.83. The maximum atomic E-state index is 12.2. The van der Waals surface area contributed by atoms with Crippen molar-refractivity contribution in [3.8, 4) is 5.75 Å². The van der Waals surface area contributed by atoms with Gasteiger partial charge in [-0.15, -0.1) is 24.5 Å². The lowest BCUT2D eigenvalue weighted by Crippen LogP contribution is -2.19. The van der Waals surface area contributed by atoms with Crippen molar-refractivity contribution >= 4 is 22.9 Å². The third-order valence-corrected chi connectivity index (χ3v) is 2.61. The van der Waals surface area contributed by atoms with Crippen molar-refractivity contribution in [3.63, 3.8) is 0 Å². The number of hydrogen-bond acceptors (Lipinski definition) is 4. The Bertz CT molecular complexity index is 570. The largest absolute Gasteiger partial charge is 0.573 e. The number of alkyl halides is 3. The van der Waals surface area contributed by atoms with Gasteiger partial charge in [-0.1, -0.05) is 12.1 Å². The zero-order valence-corrected chi connectivity index (χ0v) is 10.1. The molecule has 0 radical (unpaired) electrons. The summed E-state index contributed by atoms with van der Waals surface area (Å²) in [5.74, 6) is -1.07. The van der Waals surface area contributed by atoms with Crippen molar-refractivity contribution in [2.45, 2.75) is 6.36 Å². The number of ether oxygens (including phenoxy) is 1. The molecule has 0 saturated heterocycles. The zero-order chi connectivity index (χ0) is 13.9. The van der Waals surface area contributed by atoms with Crippen LogP contribution in [-0.2, 0) is 0 Å². The van der Waals surface area contributed by atoms with Crippen molar-refractivity contribution in [1.82, 2.24) is 4.98 Å². The maximum absolute atomic E-state index is 12.2. The van der Waals surface area contributed by atoms with Crippen LogP contribution in [0.15, 0.2) is 35.2 Å². The Morgan fingerprint density at radius 3 is 2.68 bits per heavy atom. The number of anilines is 1. The molecule has 0 aliphatic rings. The molecule has 4 nitrogen and oxygen atoms in total. The number of halogens is 3. The number of hydrogen-bond donors (Lipinski definition) is 1. The van der Waals surface area contributed by atoms with E-state index in [4.69, 9.17) is 0 Å². The van der Waals surface area contributed by atoms with Crippen LogP contribution in [0.25, 0.3) is 0 Å². The Morgan fingerprint density at radius 2 is 2.05 bits per heavy atom. The topological polar surface area (TPSA) is 51.2 Å². The van der Waals surface area contributed by atoms with Crippen molar-refractivity contribution in [2.75, 3.05) is 5.32 Å². The van der Waals surface area contributed by atoms with Crippen LogP contribution in [0.2, 0.25) is 0 Å². The minimum Gasteiger partial charge on any atom is -0.404 e. The highest BCUT2D eigenvalue weighted by Gasteiger charge is 2.32. The monoisotopic (exact) mass is 288 g/mol. The molecule has 1 N–H and O–H groups in total. The number of carbonyl (C=O) groups is 1. The highest BCUT2D eigenvalue weighted by Crippen LogP contribution is 2.30. The SMILES string of the molecule is O=C(Nc1ccccc1OC(F)(F)F)c1cscn1. The molecule has 0 aliphatic carbocycles. The number of amides is 1. The first kappa shape index (κ1) is 13.3. The van der Waals surface area contributed by atoms with E-state index >= 15 is 0 Å². The van der Waals surface area contributed by atoms with E-state index < -0.39 is 18.0 Å². The first-order chi connectivity index (χ1) is 8.96. The highest BCUT2D eigenvalue weighted by molar-refractivity contribution is 7.07. The number of benzene rings is 1. The van der Waals surface area contributed by atoms with Crippen molar-refractivity contribution in [3.05, 3.63) is 40.8 Å². The van der Waals surface area contributed by atoms with Crippen LogP contribution < -0.4 is 10.1 Å². The molecule has 1 heterocycles. The Morgan fingerprint density at radius 1 is 1.32 bits per heavy atom. The zero-order valence-electron chi connectivity index (χ0n) is 9.27. The summed E-state index contributed by atoms with van der Waals surface area (Å²) < 4.78 is 40.4. The predicted octanol–water partition coefficient (Wildman–Crippen LogP) is 3.29. The fourth-order valence-electron chi connectivity index (χ4n) is 1.29. The van der Waals surface area contributed by atoms with Gasteiger partial charge >= 0.3 is 6.36 Å². The Balaban J connectivity index is 2.18. The van der Waals surface area contributed by atoms with Crippen molar-refractivity contribution in [1.29, 1.82) is 0 Å². The van der Waals surface area contributed by atoms with E-state index in [2.05, 4.69) is 15.0 Å². The molecule has 1 aromatic carbocycles. The summed E-state index contributed by atoms with van der Waals surface area (Å²) in [6.07, 6.45) is -4.82. The first-order valence-corrected chi connectivity index (χ1v) is 5.94. The number of thiazole rings is 1. The third-order valence-electron chi connectivity index (χ3n) is 2.03. The maximum Gasteiger partial charge on any atom is 0.573 e. The fourth-order valence-corrected chi connectivity index (χ4v) is 1.83. The van der Waals surface area contributed by atoms with Crippen LogP contribution in [0.5, 0.6) is 5.75 Å². The molecule has 100 valence electrons. The molecule has 0 fully saturated rings. The van der Waals surface area contributed by atoms with Crippen LogP contribution >= 0.6 is 11.3 Å². The molecule has 8 heteroatoms. The van der Waals surface area contributed by atoms with Gasteiger partial charge in [-0.2, -0.15) is 0 Å². The van der Waals surface area contributed by atoms with E-state index in [9.17, 15) is 18.0 Å². The number of rotatable bonds is 3. The Kier molecular flexibility index (Phi) is 3.70. The molecule has 2 rings (SSSR count).